The standard InChI is InChI=1S/C17H33N3O2/c1-17(2,3)22-16(21)19-10-15(9-18)20(4)11-14-8-12-5-6-13(14)7-12/h12-15H,5-11,18H2,1-4H3,(H,19,21). The fourth-order valence-electron chi connectivity index (χ4n) is 4.05. The van der Waals surface area contributed by atoms with Crippen molar-refractivity contribution >= 4 is 6.09 Å². The molecule has 4 atom stereocenters. The molecule has 2 aliphatic rings. The fourth-order valence-corrected chi connectivity index (χ4v) is 4.05. The van der Waals surface area contributed by atoms with Crippen molar-refractivity contribution in [3.63, 3.8) is 0 Å². The number of nitrogens with one attached hydrogen (secondary N) is 1. The number of hydrogen-bond acceptors (Lipinski definition) is 4. The van der Waals surface area contributed by atoms with Gasteiger partial charge in [0.15, 0.2) is 0 Å². The Morgan fingerprint density at radius 1 is 1.36 bits per heavy atom. The first-order valence-electron chi connectivity index (χ1n) is 8.65. The van der Waals surface area contributed by atoms with Crippen molar-refractivity contribution < 1.29 is 9.53 Å². The number of ether oxygens (including phenoxy) is 1. The van der Waals surface area contributed by atoms with Crippen LogP contribution in [0.3, 0.4) is 0 Å². The molecule has 2 fully saturated rings. The van der Waals surface area contributed by atoms with Crippen LogP contribution >= 0.6 is 0 Å². The molecule has 4 unspecified atom stereocenters. The van der Waals surface area contributed by atoms with Gasteiger partial charge in [-0.15, -0.1) is 0 Å². The zero-order valence-corrected chi connectivity index (χ0v) is 14.6. The summed E-state index contributed by atoms with van der Waals surface area (Å²) in [6.07, 6.45) is 5.30. The predicted octanol–water partition coefficient (Wildman–Crippen LogP) is 2.21. The van der Waals surface area contributed by atoms with E-state index in [1.807, 2.05) is 20.8 Å². The number of carbonyl (C=O) groups is 1. The van der Waals surface area contributed by atoms with Gasteiger partial charge < -0.3 is 20.7 Å². The molecule has 0 radical (unpaired) electrons. The molecule has 0 aromatic carbocycles. The van der Waals surface area contributed by atoms with Gasteiger partial charge in [0, 0.05) is 25.7 Å². The summed E-state index contributed by atoms with van der Waals surface area (Å²) < 4.78 is 5.28. The van der Waals surface area contributed by atoms with E-state index in [0.717, 1.165) is 24.3 Å². The Balaban J connectivity index is 1.74. The Bertz CT molecular complexity index is 381. The van der Waals surface area contributed by atoms with Crippen LogP contribution in [-0.2, 0) is 4.74 Å². The topological polar surface area (TPSA) is 67.6 Å². The van der Waals surface area contributed by atoms with E-state index in [0.29, 0.717) is 13.1 Å². The van der Waals surface area contributed by atoms with Crippen molar-refractivity contribution in [2.75, 3.05) is 26.7 Å². The van der Waals surface area contributed by atoms with Crippen LogP contribution < -0.4 is 11.1 Å². The van der Waals surface area contributed by atoms with Gasteiger partial charge in [0.05, 0.1) is 0 Å². The summed E-state index contributed by atoms with van der Waals surface area (Å²) >= 11 is 0. The Morgan fingerprint density at radius 3 is 2.59 bits per heavy atom. The van der Waals surface area contributed by atoms with Crippen LogP contribution in [0.4, 0.5) is 4.79 Å². The fraction of sp³-hybridized carbons (Fsp3) is 0.941. The number of fused-ring (bicyclic) bond motifs is 2. The first-order chi connectivity index (χ1) is 10.3. The summed E-state index contributed by atoms with van der Waals surface area (Å²) in [5.41, 5.74) is 5.44. The highest BCUT2D eigenvalue weighted by Crippen LogP contribution is 2.48. The molecule has 2 saturated carbocycles. The Kier molecular flexibility index (Phi) is 5.72. The Hall–Kier alpha value is -0.810. The third-order valence-electron chi connectivity index (χ3n) is 5.18. The minimum absolute atomic E-state index is 0.173. The van der Waals surface area contributed by atoms with Crippen molar-refractivity contribution in [1.29, 1.82) is 0 Å². The molecule has 0 heterocycles. The van der Waals surface area contributed by atoms with Crippen LogP contribution in [0.1, 0.15) is 46.5 Å². The number of nitrogens with zero attached hydrogens (tertiary/aromatic N) is 1. The molecule has 5 heteroatoms. The second kappa shape index (κ2) is 7.18. The summed E-state index contributed by atoms with van der Waals surface area (Å²) in [4.78, 5) is 14.1. The molecule has 0 saturated heterocycles. The molecule has 5 nitrogen and oxygen atoms in total. The SMILES string of the molecule is CN(CC1CC2CCC1C2)C(CN)CNC(=O)OC(C)(C)C. The van der Waals surface area contributed by atoms with E-state index in [4.69, 9.17) is 10.5 Å². The van der Waals surface area contributed by atoms with E-state index in [9.17, 15) is 4.79 Å². The van der Waals surface area contributed by atoms with Gasteiger partial charge in [-0.25, -0.2) is 4.79 Å². The van der Waals surface area contributed by atoms with Crippen LogP contribution in [0.2, 0.25) is 0 Å². The number of hydrogen-bond donors (Lipinski definition) is 2. The molecule has 22 heavy (non-hydrogen) atoms. The van der Waals surface area contributed by atoms with Gasteiger partial charge in [0.25, 0.3) is 0 Å². The quantitative estimate of drug-likeness (QED) is 0.789. The third kappa shape index (κ3) is 4.85. The van der Waals surface area contributed by atoms with Gasteiger partial charge in [0.1, 0.15) is 5.60 Å². The van der Waals surface area contributed by atoms with Crippen LogP contribution in [0.5, 0.6) is 0 Å². The number of nitrogens with two attached hydrogens (primary N) is 1. The van der Waals surface area contributed by atoms with Crippen LogP contribution in [0.25, 0.3) is 0 Å². The monoisotopic (exact) mass is 311 g/mol. The zero-order valence-electron chi connectivity index (χ0n) is 14.6. The van der Waals surface area contributed by atoms with Crippen molar-refractivity contribution in [2.24, 2.45) is 23.5 Å². The van der Waals surface area contributed by atoms with Crippen molar-refractivity contribution in [2.45, 2.75) is 58.1 Å². The van der Waals surface area contributed by atoms with Crippen molar-refractivity contribution in [3.05, 3.63) is 0 Å². The maximum Gasteiger partial charge on any atom is 0.407 e. The summed E-state index contributed by atoms with van der Waals surface area (Å²) in [5, 5.41) is 2.85. The van der Waals surface area contributed by atoms with Gasteiger partial charge >= 0.3 is 6.09 Å². The molecular formula is C17H33N3O2. The lowest BCUT2D eigenvalue weighted by Gasteiger charge is -2.32. The van der Waals surface area contributed by atoms with Crippen molar-refractivity contribution in [3.8, 4) is 0 Å². The number of amides is 1. The van der Waals surface area contributed by atoms with Crippen LogP contribution in [-0.4, -0.2) is 49.3 Å². The average molecular weight is 311 g/mol. The molecule has 3 N–H and O–H groups in total. The minimum atomic E-state index is -0.461. The zero-order chi connectivity index (χ0) is 16.3. The van der Waals surface area contributed by atoms with E-state index in [1.54, 1.807) is 0 Å². The highest BCUT2D eigenvalue weighted by molar-refractivity contribution is 5.67. The third-order valence-corrected chi connectivity index (χ3v) is 5.18. The van der Waals surface area contributed by atoms with E-state index in [1.165, 1.54) is 25.7 Å². The Labute approximate surface area is 134 Å². The summed E-state index contributed by atoms with van der Waals surface area (Å²) in [6, 6.07) is 0.173. The lowest BCUT2D eigenvalue weighted by Crippen LogP contribution is -2.48. The summed E-state index contributed by atoms with van der Waals surface area (Å²) in [6.45, 7) is 7.80. The lowest BCUT2D eigenvalue weighted by atomic mass is 9.88. The molecule has 0 spiro atoms. The van der Waals surface area contributed by atoms with Crippen LogP contribution in [0, 0.1) is 17.8 Å². The van der Waals surface area contributed by atoms with E-state index in [2.05, 4.69) is 17.3 Å². The van der Waals surface area contributed by atoms with E-state index in [-0.39, 0.29) is 12.1 Å². The number of alkyl carbamates (subject to hydrolysis) is 1. The van der Waals surface area contributed by atoms with Gasteiger partial charge in [-0.1, -0.05) is 6.42 Å². The first kappa shape index (κ1) is 17.5. The smallest absolute Gasteiger partial charge is 0.407 e. The Morgan fingerprint density at radius 2 is 2.09 bits per heavy atom. The highest BCUT2D eigenvalue weighted by Gasteiger charge is 2.40. The maximum absolute atomic E-state index is 11.8. The average Bonchev–Trinajstić information content (AvgIpc) is 2.99. The minimum Gasteiger partial charge on any atom is -0.444 e. The molecule has 2 bridgehead atoms. The second-order valence-electron chi connectivity index (χ2n) is 8.15. The number of rotatable bonds is 6. The first-order valence-corrected chi connectivity index (χ1v) is 8.65. The lowest BCUT2D eigenvalue weighted by molar-refractivity contribution is 0.0508. The normalized spacial score (nSPS) is 28.9. The van der Waals surface area contributed by atoms with Gasteiger partial charge in [-0.2, -0.15) is 0 Å². The maximum atomic E-state index is 11.8. The van der Waals surface area contributed by atoms with E-state index < -0.39 is 5.60 Å². The molecule has 0 aromatic heterocycles. The molecule has 0 aromatic rings. The van der Waals surface area contributed by atoms with Gasteiger partial charge in [-0.05, 0) is 64.8 Å². The largest absolute Gasteiger partial charge is 0.444 e. The highest BCUT2D eigenvalue weighted by atomic mass is 16.6. The molecule has 128 valence electrons. The van der Waals surface area contributed by atoms with Gasteiger partial charge in [-0.3, -0.25) is 0 Å². The molecule has 2 rings (SSSR count). The summed E-state index contributed by atoms with van der Waals surface area (Å²) in [5.74, 6) is 2.71. The van der Waals surface area contributed by atoms with Crippen molar-refractivity contribution in [1.82, 2.24) is 10.2 Å². The summed E-state index contributed by atoms with van der Waals surface area (Å²) in [7, 11) is 2.13. The molecule has 1 amide bonds. The number of likely N-dealkylation sites (N-methyl/N-ethyl adjacent to an activating group) is 1. The second-order valence-corrected chi connectivity index (χ2v) is 8.15. The number of carbonyl (C=O) groups excluding carboxylic acids is 1. The molecule has 2 aliphatic carbocycles. The van der Waals surface area contributed by atoms with Crippen LogP contribution in [0.15, 0.2) is 0 Å². The predicted molar refractivity (Wildman–Crippen MR) is 88.6 cm³/mol. The molecular weight excluding hydrogens is 278 g/mol. The molecule has 0 aliphatic heterocycles. The van der Waals surface area contributed by atoms with Gasteiger partial charge in [0.2, 0.25) is 0 Å². The van der Waals surface area contributed by atoms with E-state index >= 15 is 0 Å².